The number of benzene rings is 2. The van der Waals surface area contributed by atoms with Gasteiger partial charge in [0.1, 0.15) is 5.52 Å². The van der Waals surface area contributed by atoms with Gasteiger partial charge in [0.2, 0.25) is 0 Å². The van der Waals surface area contributed by atoms with Crippen molar-refractivity contribution >= 4 is 34.1 Å². The molecule has 0 saturated carbocycles. The van der Waals surface area contributed by atoms with E-state index in [2.05, 4.69) is 5.16 Å². The normalized spacial score (nSPS) is 11.1. The van der Waals surface area contributed by atoms with Crippen molar-refractivity contribution < 1.29 is 4.52 Å². The maximum Gasteiger partial charge on any atom is 0.174 e. The largest absolute Gasteiger partial charge is 0.355 e. The molecular weight excluding hydrogens is 269 g/mol. The van der Waals surface area contributed by atoms with Crippen molar-refractivity contribution in [1.29, 1.82) is 0 Å². The molecular formula is C14H9Cl2NO. The average Bonchev–Trinajstić information content (AvgIpc) is 2.74. The van der Waals surface area contributed by atoms with E-state index < -0.39 is 0 Å². The number of aryl methyl sites for hydroxylation is 1. The van der Waals surface area contributed by atoms with Crippen LogP contribution in [0.5, 0.6) is 0 Å². The van der Waals surface area contributed by atoms with Crippen molar-refractivity contribution in [2.24, 2.45) is 0 Å². The third kappa shape index (κ3) is 1.88. The second kappa shape index (κ2) is 4.30. The van der Waals surface area contributed by atoms with Gasteiger partial charge < -0.3 is 4.52 Å². The smallest absolute Gasteiger partial charge is 0.174 e. The number of nitrogens with zero attached hydrogens (tertiary/aromatic N) is 1. The Kier molecular flexibility index (Phi) is 2.77. The molecule has 3 aromatic rings. The Balaban J connectivity index is 2.27. The number of hydrogen-bond donors (Lipinski definition) is 0. The summed E-state index contributed by atoms with van der Waals surface area (Å²) in [6, 6.07) is 11.2. The lowest BCUT2D eigenvalue weighted by Gasteiger charge is -1.98. The molecule has 0 aliphatic carbocycles. The average molecular weight is 278 g/mol. The summed E-state index contributed by atoms with van der Waals surface area (Å²) in [5.41, 5.74) is 2.77. The lowest BCUT2D eigenvalue weighted by molar-refractivity contribution is 0.440. The summed E-state index contributed by atoms with van der Waals surface area (Å²) in [6.45, 7) is 1.96. The summed E-state index contributed by atoms with van der Waals surface area (Å²) in [4.78, 5) is 0. The van der Waals surface area contributed by atoms with Gasteiger partial charge in [-0.1, -0.05) is 28.4 Å². The van der Waals surface area contributed by atoms with Gasteiger partial charge in [-0.25, -0.2) is 0 Å². The first-order valence-electron chi connectivity index (χ1n) is 5.46. The molecule has 0 spiro atoms. The second-order valence-electron chi connectivity index (χ2n) is 4.14. The van der Waals surface area contributed by atoms with Crippen molar-refractivity contribution in [2.45, 2.75) is 6.92 Å². The predicted molar refractivity (Wildman–Crippen MR) is 74.2 cm³/mol. The molecule has 2 nitrogen and oxygen atoms in total. The Hall–Kier alpha value is -1.51. The number of halogens is 2. The van der Waals surface area contributed by atoms with Crippen LogP contribution in [0.3, 0.4) is 0 Å². The first-order chi connectivity index (χ1) is 8.65. The zero-order valence-electron chi connectivity index (χ0n) is 9.58. The summed E-state index contributed by atoms with van der Waals surface area (Å²) >= 11 is 11.9. The highest BCUT2D eigenvalue weighted by Gasteiger charge is 2.13. The van der Waals surface area contributed by atoms with Crippen LogP contribution >= 0.6 is 23.2 Å². The molecule has 0 aliphatic heterocycles. The van der Waals surface area contributed by atoms with Crippen LogP contribution < -0.4 is 0 Å². The van der Waals surface area contributed by atoms with Crippen molar-refractivity contribution in [3.63, 3.8) is 0 Å². The van der Waals surface area contributed by atoms with Gasteiger partial charge in [-0.15, -0.1) is 0 Å². The van der Waals surface area contributed by atoms with E-state index in [1.54, 1.807) is 0 Å². The topological polar surface area (TPSA) is 26.0 Å². The van der Waals surface area contributed by atoms with Crippen LogP contribution in [0, 0.1) is 6.92 Å². The molecule has 0 aliphatic rings. The zero-order valence-corrected chi connectivity index (χ0v) is 11.1. The molecule has 0 radical (unpaired) electrons. The lowest BCUT2D eigenvalue weighted by atomic mass is 10.1. The fourth-order valence-electron chi connectivity index (χ4n) is 1.98. The zero-order chi connectivity index (χ0) is 12.7. The van der Waals surface area contributed by atoms with E-state index in [1.165, 1.54) is 0 Å². The summed E-state index contributed by atoms with van der Waals surface area (Å²) in [5.74, 6) is 0.715. The Morgan fingerprint density at radius 3 is 2.44 bits per heavy atom. The van der Waals surface area contributed by atoms with Crippen LogP contribution in [0.2, 0.25) is 10.0 Å². The fourth-order valence-corrected chi connectivity index (χ4v) is 2.38. The van der Waals surface area contributed by atoms with Gasteiger partial charge in [0.05, 0.1) is 5.39 Å². The van der Waals surface area contributed by atoms with Crippen molar-refractivity contribution in [3.8, 4) is 11.3 Å². The van der Waals surface area contributed by atoms with Gasteiger partial charge in [0.15, 0.2) is 5.76 Å². The number of aromatic nitrogens is 1. The van der Waals surface area contributed by atoms with Gasteiger partial charge in [0, 0.05) is 15.6 Å². The summed E-state index contributed by atoms with van der Waals surface area (Å²) < 4.78 is 5.43. The summed E-state index contributed by atoms with van der Waals surface area (Å²) in [7, 11) is 0. The first kappa shape index (κ1) is 11.6. The first-order valence-corrected chi connectivity index (χ1v) is 6.22. The molecule has 0 unspecified atom stereocenters. The van der Waals surface area contributed by atoms with Gasteiger partial charge >= 0.3 is 0 Å². The molecule has 2 aromatic carbocycles. The molecule has 1 heterocycles. The van der Waals surface area contributed by atoms with Crippen molar-refractivity contribution in [3.05, 3.63) is 52.0 Å². The number of fused-ring (bicyclic) bond motifs is 1. The van der Waals surface area contributed by atoms with E-state index in [0.717, 1.165) is 22.0 Å². The molecule has 0 saturated heterocycles. The third-order valence-corrected chi connectivity index (χ3v) is 3.31. The molecule has 4 heteroatoms. The van der Waals surface area contributed by atoms with Crippen LogP contribution in [0.15, 0.2) is 40.9 Å². The molecule has 0 fully saturated rings. The van der Waals surface area contributed by atoms with Crippen LogP contribution in [0.1, 0.15) is 5.56 Å². The monoisotopic (exact) mass is 277 g/mol. The van der Waals surface area contributed by atoms with Gasteiger partial charge in [-0.05, 0) is 48.9 Å². The van der Waals surface area contributed by atoms with E-state index in [1.807, 2.05) is 43.3 Å². The number of hydrogen-bond acceptors (Lipinski definition) is 2. The fraction of sp³-hybridized carbons (Fsp3) is 0.0714. The lowest BCUT2D eigenvalue weighted by Crippen LogP contribution is -1.78. The van der Waals surface area contributed by atoms with Crippen molar-refractivity contribution in [1.82, 2.24) is 5.16 Å². The molecule has 1 aromatic heterocycles. The molecule has 0 amide bonds. The molecule has 3 rings (SSSR count). The maximum atomic E-state index is 6.07. The highest BCUT2D eigenvalue weighted by molar-refractivity contribution is 6.31. The minimum atomic E-state index is 0.679. The highest BCUT2D eigenvalue weighted by atomic mass is 35.5. The highest BCUT2D eigenvalue weighted by Crippen LogP contribution is 2.32. The van der Waals surface area contributed by atoms with E-state index in [-0.39, 0.29) is 0 Å². The Morgan fingerprint density at radius 2 is 1.72 bits per heavy atom. The summed E-state index contributed by atoms with van der Waals surface area (Å²) in [5, 5.41) is 6.38. The third-order valence-electron chi connectivity index (χ3n) is 2.84. The van der Waals surface area contributed by atoms with E-state index in [0.29, 0.717) is 15.8 Å². The van der Waals surface area contributed by atoms with Crippen LogP contribution in [0.4, 0.5) is 0 Å². The molecule has 18 heavy (non-hydrogen) atoms. The van der Waals surface area contributed by atoms with Gasteiger partial charge in [-0.2, -0.15) is 0 Å². The Bertz CT molecular complexity index is 716. The predicted octanol–water partition coefficient (Wildman–Crippen LogP) is 5.11. The van der Waals surface area contributed by atoms with Crippen LogP contribution in [-0.4, -0.2) is 5.16 Å². The quantitative estimate of drug-likeness (QED) is 0.618. The molecule has 0 N–H and O–H groups in total. The maximum absolute atomic E-state index is 6.07. The van der Waals surface area contributed by atoms with Crippen LogP contribution in [0.25, 0.3) is 22.2 Å². The standard InChI is InChI=1S/C14H9Cl2NO/c1-8-6-11(16)7-12-13(8)17-18-14(12)9-2-4-10(15)5-3-9/h2-7H,1H3. The minimum absolute atomic E-state index is 0.679. The molecule has 90 valence electrons. The molecule has 0 bridgehead atoms. The number of rotatable bonds is 1. The van der Waals surface area contributed by atoms with Crippen molar-refractivity contribution in [2.75, 3.05) is 0 Å². The second-order valence-corrected chi connectivity index (χ2v) is 5.01. The van der Waals surface area contributed by atoms with Crippen LogP contribution in [-0.2, 0) is 0 Å². The van der Waals surface area contributed by atoms with E-state index >= 15 is 0 Å². The molecule has 0 atom stereocenters. The van der Waals surface area contributed by atoms with Gasteiger partial charge in [-0.3, -0.25) is 0 Å². The Labute approximate surface area is 114 Å². The summed E-state index contributed by atoms with van der Waals surface area (Å²) in [6.07, 6.45) is 0. The van der Waals surface area contributed by atoms with Gasteiger partial charge in [0.25, 0.3) is 0 Å². The minimum Gasteiger partial charge on any atom is -0.355 e. The van der Waals surface area contributed by atoms with E-state index in [9.17, 15) is 0 Å². The van der Waals surface area contributed by atoms with E-state index in [4.69, 9.17) is 27.7 Å². The Morgan fingerprint density at radius 1 is 1.00 bits per heavy atom. The SMILES string of the molecule is Cc1cc(Cl)cc2c(-c3ccc(Cl)cc3)onc12.